The summed E-state index contributed by atoms with van der Waals surface area (Å²) in [5.41, 5.74) is 3.50. The first kappa shape index (κ1) is 11.9. The van der Waals surface area contributed by atoms with Gasteiger partial charge in [0.25, 0.3) is 0 Å². The summed E-state index contributed by atoms with van der Waals surface area (Å²) in [6.45, 7) is 2.83. The van der Waals surface area contributed by atoms with E-state index in [1.165, 1.54) is 11.3 Å². The molecule has 0 heterocycles. The summed E-state index contributed by atoms with van der Waals surface area (Å²) in [5.74, 6) is 0.545. The van der Waals surface area contributed by atoms with Gasteiger partial charge in [0.05, 0.1) is 12.5 Å². The van der Waals surface area contributed by atoms with Gasteiger partial charge < -0.3 is 4.90 Å². The third-order valence-electron chi connectivity index (χ3n) is 2.39. The summed E-state index contributed by atoms with van der Waals surface area (Å²) in [5, 5.41) is 8.52. The van der Waals surface area contributed by atoms with E-state index in [4.69, 9.17) is 16.9 Å². The molecular formula is C12H15ClN2. The van der Waals surface area contributed by atoms with Gasteiger partial charge in [-0.25, -0.2) is 0 Å². The van der Waals surface area contributed by atoms with Crippen LogP contribution in [0.5, 0.6) is 0 Å². The zero-order chi connectivity index (χ0) is 11.3. The highest BCUT2D eigenvalue weighted by atomic mass is 35.5. The number of nitrogens with zero attached hydrogens (tertiary/aromatic N) is 2. The number of rotatable bonds is 4. The molecule has 0 aromatic heterocycles. The fraction of sp³-hybridized carbons (Fsp3) is 0.417. The van der Waals surface area contributed by atoms with E-state index in [-0.39, 0.29) is 0 Å². The largest absolute Gasteiger partial charge is 0.373 e. The number of benzene rings is 1. The van der Waals surface area contributed by atoms with Crippen LogP contribution in [0.15, 0.2) is 18.2 Å². The second-order valence-corrected chi connectivity index (χ2v) is 3.85. The first-order valence-electron chi connectivity index (χ1n) is 4.92. The number of halogens is 1. The molecule has 0 N–H and O–H groups in total. The second kappa shape index (κ2) is 5.63. The fourth-order valence-corrected chi connectivity index (χ4v) is 1.73. The molecule has 0 aliphatic heterocycles. The number of aryl methyl sites for hydroxylation is 1. The van der Waals surface area contributed by atoms with Crippen LogP contribution in [-0.4, -0.2) is 13.6 Å². The van der Waals surface area contributed by atoms with Gasteiger partial charge in [0.15, 0.2) is 0 Å². The van der Waals surface area contributed by atoms with Crippen molar-refractivity contribution in [2.75, 3.05) is 18.5 Å². The van der Waals surface area contributed by atoms with Gasteiger partial charge in [-0.15, -0.1) is 11.6 Å². The molecule has 15 heavy (non-hydrogen) atoms. The van der Waals surface area contributed by atoms with E-state index in [0.717, 1.165) is 12.1 Å². The van der Waals surface area contributed by atoms with Crippen LogP contribution in [0, 0.1) is 18.3 Å². The lowest BCUT2D eigenvalue weighted by Crippen LogP contribution is -2.19. The Morgan fingerprint density at radius 2 is 2.20 bits per heavy atom. The molecule has 2 nitrogen and oxygen atoms in total. The molecule has 1 aromatic carbocycles. The fourth-order valence-electron chi connectivity index (χ4n) is 1.57. The Hall–Kier alpha value is -1.20. The maximum Gasteiger partial charge on any atom is 0.0640 e. The molecule has 0 spiro atoms. The van der Waals surface area contributed by atoms with Crippen molar-refractivity contribution in [3.63, 3.8) is 0 Å². The number of alkyl halides is 1. The first-order valence-corrected chi connectivity index (χ1v) is 5.46. The Bertz CT molecular complexity index is 368. The van der Waals surface area contributed by atoms with Crippen molar-refractivity contribution in [3.8, 4) is 6.07 Å². The van der Waals surface area contributed by atoms with Crippen LogP contribution in [0.3, 0.4) is 0 Å². The first-order chi connectivity index (χ1) is 7.19. The van der Waals surface area contributed by atoms with E-state index in [2.05, 4.69) is 30.0 Å². The average molecular weight is 223 g/mol. The van der Waals surface area contributed by atoms with E-state index < -0.39 is 0 Å². The molecule has 0 aliphatic carbocycles. The van der Waals surface area contributed by atoms with Crippen molar-refractivity contribution in [3.05, 3.63) is 29.3 Å². The molecule has 1 rings (SSSR count). The summed E-state index contributed by atoms with van der Waals surface area (Å²) < 4.78 is 0. The SMILES string of the molecule is Cc1cc(CCl)ccc1N(C)CCC#N. The van der Waals surface area contributed by atoms with Crippen LogP contribution in [0.4, 0.5) is 5.69 Å². The molecule has 0 atom stereocenters. The van der Waals surface area contributed by atoms with Crippen LogP contribution >= 0.6 is 11.6 Å². The van der Waals surface area contributed by atoms with Crippen molar-refractivity contribution in [1.82, 2.24) is 0 Å². The normalized spacial score (nSPS) is 9.73. The van der Waals surface area contributed by atoms with E-state index in [1.54, 1.807) is 0 Å². The molecule has 3 heteroatoms. The third-order valence-corrected chi connectivity index (χ3v) is 2.69. The Balaban J connectivity index is 2.81. The minimum Gasteiger partial charge on any atom is -0.373 e. The lowest BCUT2D eigenvalue weighted by atomic mass is 10.1. The van der Waals surface area contributed by atoms with Crippen molar-refractivity contribution >= 4 is 17.3 Å². The summed E-state index contributed by atoms with van der Waals surface area (Å²) in [6, 6.07) is 8.32. The van der Waals surface area contributed by atoms with Crippen molar-refractivity contribution in [2.24, 2.45) is 0 Å². The average Bonchev–Trinajstić information content (AvgIpc) is 2.25. The monoisotopic (exact) mass is 222 g/mol. The Morgan fingerprint density at radius 3 is 2.73 bits per heavy atom. The van der Waals surface area contributed by atoms with Crippen molar-refractivity contribution < 1.29 is 0 Å². The molecule has 0 saturated heterocycles. The molecule has 0 fully saturated rings. The van der Waals surface area contributed by atoms with Gasteiger partial charge in [-0.1, -0.05) is 12.1 Å². The molecule has 0 aliphatic rings. The maximum absolute atomic E-state index is 8.52. The summed E-state index contributed by atoms with van der Waals surface area (Å²) >= 11 is 5.76. The number of hydrogen-bond donors (Lipinski definition) is 0. The Morgan fingerprint density at radius 1 is 1.47 bits per heavy atom. The zero-order valence-corrected chi connectivity index (χ0v) is 9.88. The molecule has 0 radical (unpaired) electrons. The number of nitriles is 1. The van der Waals surface area contributed by atoms with Crippen molar-refractivity contribution in [2.45, 2.75) is 19.2 Å². The van der Waals surface area contributed by atoms with Gasteiger partial charge >= 0.3 is 0 Å². The topological polar surface area (TPSA) is 27.0 Å². The molecule has 80 valence electrons. The standard InChI is InChI=1S/C12H15ClN2/c1-10-8-11(9-13)4-5-12(10)15(2)7-3-6-14/h4-5,8H,3,7,9H2,1-2H3. The van der Waals surface area contributed by atoms with Crippen LogP contribution in [0.2, 0.25) is 0 Å². The quantitative estimate of drug-likeness (QED) is 0.733. The Labute approximate surface area is 96.1 Å². The van der Waals surface area contributed by atoms with E-state index >= 15 is 0 Å². The van der Waals surface area contributed by atoms with Crippen LogP contribution in [0.25, 0.3) is 0 Å². The summed E-state index contributed by atoms with van der Waals surface area (Å²) in [4.78, 5) is 2.09. The number of hydrogen-bond acceptors (Lipinski definition) is 2. The van der Waals surface area contributed by atoms with Gasteiger partial charge in [0.2, 0.25) is 0 Å². The van der Waals surface area contributed by atoms with Gasteiger partial charge in [-0.3, -0.25) is 0 Å². The molecule has 1 aromatic rings. The zero-order valence-electron chi connectivity index (χ0n) is 9.13. The predicted molar refractivity (Wildman–Crippen MR) is 64.2 cm³/mol. The maximum atomic E-state index is 8.52. The van der Waals surface area contributed by atoms with Crippen LogP contribution in [-0.2, 0) is 5.88 Å². The predicted octanol–water partition coefficient (Wildman–Crippen LogP) is 3.08. The van der Waals surface area contributed by atoms with Gasteiger partial charge in [-0.05, 0) is 24.1 Å². The van der Waals surface area contributed by atoms with E-state index in [1.807, 2.05) is 13.1 Å². The highest BCUT2D eigenvalue weighted by Gasteiger charge is 2.04. The van der Waals surface area contributed by atoms with E-state index in [9.17, 15) is 0 Å². The summed E-state index contributed by atoms with van der Waals surface area (Å²) in [7, 11) is 2.00. The van der Waals surface area contributed by atoms with Crippen LogP contribution < -0.4 is 4.90 Å². The van der Waals surface area contributed by atoms with Gasteiger partial charge in [0, 0.05) is 25.2 Å². The number of anilines is 1. The lowest BCUT2D eigenvalue weighted by molar-refractivity contribution is 0.900. The molecule has 0 unspecified atom stereocenters. The minimum atomic E-state index is 0.545. The molecule has 0 saturated carbocycles. The Kier molecular flexibility index (Phi) is 4.45. The molecule has 0 bridgehead atoms. The van der Waals surface area contributed by atoms with Crippen LogP contribution in [0.1, 0.15) is 17.5 Å². The summed E-state index contributed by atoms with van der Waals surface area (Å²) in [6.07, 6.45) is 0.549. The molecular weight excluding hydrogens is 208 g/mol. The molecule has 0 amide bonds. The van der Waals surface area contributed by atoms with E-state index in [0.29, 0.717) is 12.3 Å². The van der Waals surface area contributed by atoms with Gasteiger partial charge in [-0.2, -0.15) is 5.26 Å². The smallest absolute Gasteiger partial charge is 0.0640 e. The minimum absolute atomic E-state index is 0.545. The third kappa shape index (κ3) is 3.14. The highest BCUT2D eigenvalue weighted by Crippen LogP contribution is 2.21. The highest BCUT2D eigenvalue weighted by molar-refractivity contribution is 6.17. The van der Waals surface area contributed by atoms with Gasteiger partial charge in [0.1, 0.15) is 0 Å². The van der Waals surface area contributed by atoms with Crippen molar-refractivity contribution in [1.29, 1.82) is 5.26 Å². The second-order valence-electron chi connectivity index (χ2n) is 3.58. The lowest BCUT2D eigenvalue weighted by Gasteiger charge is -2.20.